The number of para-hydroxylation sites is 1. The van der Waals surface area contributed by atoms with Crippen LogP contribution >= 0.6 is 11.6 Å². The zero-order valence-electron chi connectivity index (χ0n) is 6.94. The van der Waals surface area contributed by atoms with Crippen LogP contribution in [0, 0.1) is 0 Å². The van der Waals surface area contributed by atoms with E-state index in [4.69, 9.17) is 11.6 Å². The summed E-state index contributed by atoms with van der Waals surface area (Å²) >= 11 is 3.56. The first-order valence-corrected chi connectivity index (χ1v) is 5.28. The Morgan fingerprint density at radius 1 is 1.36 bits per heavy atom. The van der Waals surface area contributed by atoms with E-state index in [9.17, 15) is 8.76 Å². The summed E-state index contributed by atoms with van der Waals surface area (Å²) in [6.45, 7) is 0. The first kappa shape index (κ1) is 9.58. The molecule has 0 saturated carbocycles. The molecule has 1 aromatic carbocycles. The molecule has 0 aliphatic heterocycles. The highest BCUT2D eigenvalue weighted by atomic mass is 35.5. The highest BCUT2D eigenvalue weighted by molar-refractivity contribution is 7.79. The lowest BCUT2D eigenvalue weighted by Crippen LogP contribution is -1.92. The molecule has 1 aromatic heterocycles. The van der Waals surface area contributed by atoms with Crippen molar-refractivity contribution in [2.45, 2.75) is 4.90 Å². The van der Waals surface area contributed by atoms with Gasteiger partial charge in [-0.1, -0.05) is 29.8 Å². The molecule has 5 heteroatoms. The van der Waals surface area contributed by atoms with Crippen molar-refractivity contribution < 1.29 is 8.76 Å². The average molecular weight is 227 g/mol. The van der Waals surface area contributed by atoms with Gasteiger partial charge in [-0.05, 0) is 17.1 Å². The molecule has 14 heavy (non-hydrogen) atoms. The predicted octanol–water partition coefficient (Wildman–Crippen LogP) is 2.13. The van der Waals surface area contributed by atoms with Gasteiger partial charge in [-0.2, -0.15) is 0 Å². The van der Waals surface area contributed by atoms with Crippen molar-refractivity contribution in [3.8, 4) is 0 Å². The molecular formula is C9H5ClNO2S-. The Labute approximate surface area is 88.0 Å². The molecule has 72 valence electrons. The maximum atomic E-state index is 10.7. The van der Waals surface area contributed by atoms with Crippen molar-refractivity contribution in [2.24, 2.45) is 0 Å². The third kappa shape index (κ3) is 1.52. The van der Waals surface area contributed by atoms with Crippen molar-refractivity contribution in [1.82, 2.24) is 4.98 Å². The van der Waals surface area contributed by atoms with Gasteiger partial charge in [0.15, 0.2) is 0 Å². The number of halogens is 1. The second-order valence-corrected chi connectivity index (χ2v) is 3.98. The molecule has 1 heterocycles. The highest BCUT2D eigenvalue weighted by Gasteiger charge is 2.05. The first-order chi connectivity index (χ1) is 6.70. The Kier molecular flexibility index (Phi) is 2.50. The molecule has 0 radical (unpaired) electrons. The maximum absolute atomic E-state index is 10.7. The van der Waals surface area contributed by atoms with Gasteiger partial charge < -0.3 is 4.55 Å². The molecule has 0 aliphatic rings. The van der Waals surface area contributed by atoms with Crippen LogP contribution in [0.15, 0.2) is 35.4 Å². The lowest BCUT2D eigenvalue weighted by molar-refractivity contribution is 0.537. The molecule has 0 aliphatic carbocycles. The van der Waals surface area contributed by atoms with E-state index in [2.05, 4.69) is 4.98 Å². The number of hydrogen-bond acceptors (Lipinski definition) is 3. The minimum Gasteiger partial charge on any atom is -0.768 e. The Balaban J connectivity index is 2.81. The summed E-state index contributed by atoms with van der Waals surface area (Å²) in [4.78, 5) is 4.02. The van der Waals surface area contributed by atoms with E-state index >= 15 is 0 Å². The molecule has 0 N–H and O–H groups in total. The topological polar surface area (TPSA) is 53.0 Å². The molecule has 0 fully saturated rings. The van der Waals surface area contributed by atoms with Gasteiger partial charge in [0, 0.05) is 11.6 Å². The summed E-state index contributed by atoms with van der Waals surface area (Å²) in [5, 5.41) is 0.875. The van der Waals surface area contributed by atoms with Crippen molar-refractivity contribution in [3.05, 3.63) is 35.5 Å². The van der Waals surface area contributed by atoms with Gasteiger partial charge >= 0.3 is 0 Å². The van der Waals surface area contributed by atoms with Gasteiger partial charge in [0.05, 0.1) is 15.4 Å². The molecule has 3 nitrogen and oxygen atoms in total. The van der Waals surface area contributed by atoms with E-state index in [0.717, 1.165) is 0 Å². The van der Waals surface area contributed by atoms with Crippen LogP contribution in [0.1, 0.15) is 0 Å². The zero-order valence-corrected chi connectivity index (χ0v) is 8.51. The van der Waals surface area contributed by atoms with Crippen LogP contribution < -0.4 is 0 Å². The number of benzene rings is 1. The fourth-order valence-corrected chi connectivity index (χ4v) is 2.00. The van der Waals surface area contributed by atoms with Crippen LogP contribution in [0.5, 0.6) is 0 Å². The maximum Gasteiger partial charge on any atom is 0.0717 e. The minimum atomic E-state index is -2.34. The lowest BCUT2D eigenvalue weighted by Gasteiger charge is -2.08. The second kappa shape index (κ2) is 3.65. The van der Waals surface area contributed by atoms with Gasteiger partial charge in [-0.3, -0.25) is 9.19 Å². The third-order valence-corrected chi connectivity index (χ3v) is 3.05. The van der Waals surface area contributed by atoms with E-state index in [0.29, 0.717) is 10.9 Å². The predicted molar refractivity (Wildman–Crippen MR) is 53.9 cm³/mol. The van der Waals surface area contributed by atoms with Crippen molar-refractivity contribution in [1.29, 1.82) is 0 Å². The first-order valence-electron chi connectivity index (χ1n) is 3.82. The molecular weight excluding hydrogens is 222 g/mol. The zero-order chi connectivity index (χ0) is 10.1. The summed E-state index contributed by atoms with van der Waals surface area (Å²) in [6, 6.07) is 7.12. The molecule has 2 rings (SSSR count). The quantitative estimate of drug-likeness (QED) is 0.700. The number of rotatable bonds is 1. The van der Waals surface area contributed by atoms with E-state index in [1.165, 1.54) is 6.20 Å². The largest absolute Gasteiger partial charge is 0.768 e. The highest BCUT2D eigenvalue weighted by Crippen LogP contribution is 2.26. The van der Waals surface area contributed by atoms with Crippen LogP contribution in [-0.4, -0.2) is 13.7 Å². The van der Waals surface area contributed by atoms with Gasteiger partial charge in [-0.15, -0.1) is 0 Å². The molecule has 0 spiro atoms. The molecule has 2 aromatic rings. The van der Waals surface area contributed by atoms with Gasteiger partial charge in [-0.25, -0.2) is 0 Å². The Bertz CT molecular complexity index is 515. The van der Waals surface area contributed by atoms with E-state index < -0.39 is 11.1 Å². The summed E-state index contributed by atoms with van der Waals surface area (Å²) in [6.07, 6.45) is 1.26. The van der Waals surface area contributed by atoms with Crippen molar-refractivity contribution in [3.63, 3.8) is 0 Å². The number of nitrogens with zero attached hydrogens (tertiary/aromatic N) is 1. The van der Waals surface area contributed by atoms with Crippen LogP contribution in [-0.2, 0) is 11.1 Å². The lowest BCUT2D eigenvalue weighted by atomic mass is 10.2. The van der Waals surface area contributed by atoms with Crippen LogP contribution in [0.25, 0.3) is 10.9 Å². The summed E-state index contributed by atoms with van der Waals surface area (Å²) in [7, 11) is 0. The summed E-state index contributed by atoms with van der Waals surface area (Å²) < 4.78 is 21.5. The number of pyridine rings is 1. The standard InChI is InChI=1S/C9H6ClNO2S/c10-9-6-3-1-2-4-7(6)11-5-8(9)14(12)13/h1-5H,(H,12,13)/p-1. The van der Waals surface area contributed by atoms with E-state index in [1.807, 2.05) is 6.07 Å². The van der Waals surface area contributed by atoms with Gasteiger partial charge in [0.2, 0.25) is 0 Å². The fourth-order valence-electron chi connectivity index (χ4n) is 1.21. The smallest absolute Gasteiger partial charge is 0.0717 e. The number of hydrogen-bond donors (Lipinski definition) is 0. The number of fused-ring (bicyclic) bond motifs is 1. The van der Waals surface area contributed by atoms with Gasteiger partial charge in [0.25, 0.3) is 0 Å². The normalized spacial score (nSPS) is 13.0. The van der Waals surface area contributed by atoms with Gasteiger partial charge in [0.1, 0.15) is 0 Å². The average Bonchev–Trinajstić information content (AvgIpc) is 2.18. The van der Waals surface area contributed by atoms with Crippen LogP contribution in [0.3, 0.4) is 0 Å². The Hall–Kier alpha value is -0.970. The second-order valence-electron chi connectivity index (χ2n) is 2.69. The fraction of sp³-hybridized carbons (Fsp3) is 0. The van der Waals surface area contributed by atoms with Crippen molar-refractivity contribution >= 4 is 33.6 Å². The van der Waals surface area contributed by atoms with Crippen molar-refractivity contribution in [2.75, 3.05) is 0 Å². The molecule has 0 amide bonds. The summed E-state index contributed by atoms with van der Waals surface area (Å²) in [5.74, 6) is 0. The monoisotopic (exact) mass is 226 g/mol. The summed E-state index contributed by atoms with van der Waals surface area (Å²) in [5.41, 5.74) is 0.687. The Morgan fingerprint density at radius 2 is 2.07 bits per heavy atom. The van der Waals surface area contributed by atoms with E-state index in [-0.39, 0.29) is 9.92 Å². The molecule has 1 unspecified atom stereocenters. The van der Waals surface area contributed by atoms with E-state index in [1.54, 1.807) is 18.2 Å². The Morgan fingerprint density at radius 3 is 2.79 bits per heavy atom. The SMILES string of the molecule is O=S([O-])c1cnc2ccccc2c1Cl. The molecule has 0 bridgehead atoms. The molecule has 0 saturated heterocycles. The number of aromatic nitrogens is 1. The minimum absolute atomic E-state index is 0.0327. The van der Waals surface area contributed by atoms with Crippen LogP contribution in [0.2, 0.25) is 5.02 Å². The molecule has 1 atom stereocenters. The van der Waals surface area contributed by atoms with Crippen LogP contribution in [0.4, 0.5) is 0 Å². The third-order valence-electron chi connectivity index (χ3n) is 1.86.